The number of carbonyl (C=O) groups excluding carboxylic acids is 2. The Kier molecular flexibility index (Phi) is 6.06. The van der Waals surface area contributed by atoms with Crippen molar-refractivity contribution < 1.29 is 14.3 Å². The van der Waals surface area contributed by atoms with Crippen molar-refractivity contribution in [2.24, 2.45) is 0 Å². The second-order valence-corrected chi connectivity index (χ2v) is 8.58. The molecule has 1 N–H and O–H groups in total. The molecule has 0 bridgehead atoms. The summed E-state index contributed by atoms with van der Waals surface area (Å²) >= 11 is 1.07. The number of nitrogens with one attached hydrogen (secondary N) is 1. The summed E-state index contributed by atoms with van der Waals surface area (Å²) in [6, 6.07) is 16.6. The molecule has 2 amide bonds. The zero-order valence-corrected chi connectivity index (χ0v) is 18.6. The van der Waals surface area contributed by atoms with Gasteiger partial charge in [0.15, 0.2) is 0 Å². The number of amides is 2. The Morgan fingerprint density at radius 3 is 2.56 bits per heavy atom. The molecule has 1 saturated heterocycles. The molecular formula is C21H21NNaO3S. The van der Waals surface area contributed by atoms with E-state index in [1.165, 1.54) is 5.56 Å². The van der Waals surface area contributed by atoms with Crippen molar-refractivity contribution in [1.29, 1.82) is 0 Å². The summed E-state index contributed by atoms with van der Waals surface area (Å²) < 4.78 is 6.31. The molecule has 2 atom stereocenters. The first-order valence-corrected chi connectivity index (χ1v) is 9.67. The smallest absolute Gasteiger partial charge is 0.286 e. The maximum Gasteiger partial charge on any atom is 0.286 e. The molecular weight excluding hydrogens is 369 g/mol. The van der Waals surface area contributed by atoms with Gasteiger partial charge in [-0.1, -0.05) is 54.2 Å². The molecule has 2 aliphatic rings. The van der Waals surface area contributed by atoms with Crippen molar-refractivity contribution in [3.05, 3.63) is 65.2 Å². The van der Waals surface area contributed by atoms with E-state index in [2.05, 4.69) is 49.5 Å². The van der Waals surface area contributed by atoms with Gasteiger partial charge >= 0.3 is 0 Å². The fraction of sp³-hybridized carbons (Fsp3) is 0.333. The molecule has 2 heterocycles. The van der Waals surface area contributed by atoms with Crippen LogP contribution in [0.15, 0.2) is 48.5 Å². The zero-order valence-electron chi connectivity index (χ0n) is 15.8. The van der Waals surface area contributed by atoms with Crippen molar-refractivity contribution in [3.63, 3.8) is 0 Å². The SMILES string of the molecule is CC1(C)Oc2ccc(CC3SC(=O)NC3=O)cc2CC1c1ccccc1.[Na]. The summed E-state index contributed by atoms with van der Waals surface area (Å²) in [6.45, 7) is 4.26. The van der Waals surface area contributed by atoms with Gasteiger partial charge in [0.2, 0.25) is 5.91 Å². The molecule has 27 heavy (non-hydrogen) atoms. The van der Waals surface area contributed by atoms with Crippen molar-refractivity contribution in [2.75, 3.05) is 0 Å². The van der Waals surface area contributed by atoms with Gasteiger partial charge in [-0.15, -0.1) is 0 Å². The average molecular weight is 390 g/mol. The van der Waals surface area contributed by atoms with E-state index in [-0.39, 0.29) is 57.5 Å². The van der Waals surface area contributed by atoms with E-state index < -0.39 is 0 Å². The predicted molar refractivity (Wildman–Crippen MR) is 108 cm³/mol. The molecule has 0 spiro atoms. The Bertz CT molecular complexity index is 869. The third kappa shape index (κ3) is 4.27. The summed E-state index contributed by atoms with van der Waals surface area (Å²) in [4.78, 5) is 23.2. The van der Waals surface area contributed by atoms with Crippen LogP contribution in [0.3, 0.4) is 0 Å². The summed E-state index contributed by atoms with van der Waals surface area (Å²) in [6.07, 6.45) is 1.44. The van der Waals surface area contributed by atoms with Crippen LogP contribution in [-0.4, -0.2) is 51.6 Å². The molecule has 2 aromatic carbocycles. The van der Waals surface area contributed by atoms with Crippen molar-refractivity contribution >= 4 is 52.5 Å². The molecule has 1 fully saturated rings. The quantitative estimate of drug-likeness (QED) is 0.812. The molecule has 135 valence electrons. The largest absolute Gasteiger partial charge is 0.487 e. The summed E-state index contributed by atoms with van der Waals surface area (Å²) in [5.74, 6) is 0.972. The minimum absolute atomic E-state index is 0. The van der Waals surface area contributed by atoms with Gasteiger partial charge in [0.25, 0.3) is 5.24 Å². The van der Waals surface area contributed by atoms with Gasteiger partial charge in [-0.25, -0.2) is 0 Å². The maximum absolute atomic E-state index is 11.8. The molecule has 4 rings (SSSR count). The van der Waals surface area contributed by atoms with Gasteiger partial charge in [-0.05, 0) is 49.4 Å². The average Bonchev–Trinajstić information content (AvgIpc) is 2.92. The van der Waals surface area contributed by atoms with E-state index in [4.69, 9.17) is 4.74 Å². The molecule has 2 aliphatic heterocycles. The number of thioether (sulfide) groups is 1. The van der Waals surface area contributed by atoms with Crippen LogP contribution >= 0.6 is 11.8 Å². The van der Waals surface area contributed by atoms with Gasteiger partial charge in [0, 0.05) is 35.5 Å². The van der Waals surface area contributed by atoms with Crippen LogP contribution in [-0.2, 0) is 17.6 Å². The van der Waals surface area contributed by atoms with Crippen molar-refractivity contribution in [3.8, 4) is 5.75 Å². The first-order chi connectivity index (χ1) is 12.4. The van der Waals surface area contributed by atoms with Crippen LogP contribution < -0.4 is 10.1 Å². The summed E-state index contributed by atoms with van der Waals surface area (Å²) in [7, 11) is 0. The zero-order chi connectivity index (χ0) is 18.3. The molecule has 0 saturated carbocycles. The van der Waals surface area contributed by atoms with E-state index >= 15 is 0 Å². The molecule has 2 aromatic rings. The topological polar surface area (TPSA) is 55.4 Å². The van der Waals surface area contributed by atoms with Crippen molar-refractivity contribution in [2.45, 2.75) is 43.5 Å². The number of hydrogen-bond acceptors (Lipinski definition) is 4. The standard InChI is InChI=1S/C21H21NO3S.Na/c1-21(2)16(14-6-4-3-5-7-14)12-15-10-13(8-9-17(15)25-21)11-18-19(23)22-20(24)26-18;/h3-10,16,18H,11-12H2,1-2H3,(H,22,23,24);. The molecule has 0 aromatic heterocycles. The summed E-state index contributed by atoms with van der Waals surface area (Å²) in [5, 5.41) is 1.75. The van der Waals surface area contributed by atoms with E-state index in [0.29, 0.717) is 6.42 Å². The first kappa shape index (κ1) is 20.5. The van der Waals surface area contributed by atoms with Gasteiger partial charge in [0.1, 0.15) is 11.4 Å². The normalized spacial score (nSPS) is 23.0. The van der Waals surface area contributed by atoms with Crippen LogP contribution in [0.25, 0.3) is 0 Å². The van der Waals surface area contributed by atoms with Gasteiger partial charge in [-0.2, -0.15) is 0 Å². The Hall–Kier alpha value is -1.27. The number of ether oxygens (including phenoxy) is 1. The van der Waals surface area contributed by atoms with Crippen LogP contribution in [0.5, 0.6) is 5.75 Å². The van der Waals surface area contributed by atoms with Gasteiger partial charge < -0.3 is 4.74 Å². The van der Waals surface area contributed by atoms with Gasteiger partial charge in [0.05, 0.1) is 5.25 Å². The van der Waals surface area contributed by atoms with E-state index in [1.807, 2.05) is 18.2 Å². The first-order valence-electron chi connectivity index (χ1n) is 8.79. The Balaban J connectivity index is 0.00000210. The third-order valence-corrected chi connectivity index (χ3v) is 6.13. The predicted octanol–water partition coefficient (Wildman–Crippen LogP) is 3.70. The van der Waals surface area contributed by atoms with Crippen LogP contribution in [0.1, 0.15) is 36.5 Å². The number of benzene rings is 2. The third-order valence-electron chi connectivity index (χ3n) is 5.15. The number of carbonyl (C=O) groups is 2. The van der Waals surface area contributed by atoms with Crippen molar-refractivity contribution in [1.82, 2.24) is 5.32 Å². The van der Waals surface area contributed by atoms with Gasteiger partial charge in [-0.3, -0.25) is 14.9 Å². The fourth-order valence-corrected chi connectivity index (χ4v) is 4.65. The molecule has 0 aliphatic carbocycles. The molecule has 1 radical (unpaired) electrons. The monoisotopic (exact) mass is 390 g/mol. The van der Waals surface area contributed by atoms with E-state index in [9.17, 15) is 9.59 Å². The van der Waals surface area contributed by atoms with Crippen LogP contribution in [0, 0.1) is 0 Å². The minimum atomic E-state index is -0.341. The number of fused-ring (bicyclic) bond motifs is 1. The second-order valence-electron chi connectivity index (χ2n) is 7.40. The second kappa shape index (κ2) is 8.00. The molecule has 2 unspecified atom stereocenters. The molecule has 4 nitrogen and oxygen atoms in total. The minimum Gasteiger partial charge on any atom is -0.487 e. The Morgan fingerprint density at radius 1 is 1.15 bits per heavy atom. The maximum atomic E-state index is 11.8. The van der Waals surface area contributed by atoms with E-state index in [1.54, 1.807) is 0 Å². The Morgan fingerprint density at radius 2 is 1.89 bits per heavy atom. The van der Waals surface area contributed by atoms with Crippen LogP contribution in [0.4, 0.5) is 4.79 Å². The number of rotatable bonds is 3. The Labute approximate surface area is 185 Å². The van der Waals surface area contributed by atoms with E-state index in [0.717, 1.165) is 35.1 Å². The number of hydrogen-bond donors (Lipinski definition) is 1. The van der Waals surface area contributed by atoms with Crippen LogP contribution in [0.2, 0.25) is 0 Å². The number of imide groups is 1. The fourth-order valence-electron chi connectivity index (χ4n) is 3.79. The molecule has 6 heteroatoms. The summed E-state index contributed by atoms with van der Waals surface area (Å²) in [5.41, 5.74) is 3.19.